The molecule has 4 rings (SSSR count). The quantitative estimate of drug-likeness (QED) is 0.827. The maximum Gasteiger partial charge on any atom is 0.261 e. The number of amides is 1. The van der Waals surface area contributed by atoms with E-state index in [9.17, 15) is 9.18 Å². The summed E-state index contributed by atoms with van der Waals surface area (Å²) < 4.78 is 19.1. The Bertz CT molecular complexity index is 844. The van der Waals surface area contributed by atoms with Gasteiger partial charge in [0, 0.05) is 43.5 Å². The van der Waals surface area contributed by atoms with E-state index in [1.165, 1.54) is 12.1 Å². The Balaban J connectivity index is 1.46. The predicted octanol–water partition coefficient (Wildman–Crippen LogP) is 2.35. The number of para-hydroxylation sites is 1. The Hall–Kier alpha value is -2.54. The number of nitrogens with zero attached hydrogens (tertiary/aromatic N) is 4. The molecule has 0 N–H and O–H groups in total. The zero-order valence-electron chi connectivity index (χ0n) is 15.4. The first kappa shape index (κ1) is 17.9. The van der Waals surface area contributed by atoms with Gasteiger partial charge in [0.2, 0.25) is 0 Å². The Morgan fingerprint density at radius 1 is 1.33 bits per heavy atom. The van der Waals surface area contributed by atoms with E-state index in [0.717, 1.165) is 43.6 Å². The van der Waals surface area contributed by atoms with Gasteiger partial charge in [0.1, 0.15) is 0 Å². The van der Waals surface area contributed by atoms with Gasteiger partial charge in [-0.05, 0) is 32.0 Å². The van der Waals surface area contributed by atoms with E-state index in [1.54, 1.807) is 17.0 Å². The SMILES string of the molecule is CN1CCc2nc(C3CCCN3C(=O)COc3ccccc3F)ncc2C1. The molecule has 1 unspecified atom stereocenters. The van der Waals surface area contributed by atoms with Crippen LogP contribution in [0, 0.1) is 5.82 Å². The van der Waals surface area contributed by atoms with Gasteiger partial charge < -0.3 is 14.5 Å². The van der Waals surface area contributed by atoms with Gasteiger partial charge >= 0.3 is 0 Å². The molecule has 1 aromatic heterocycles. The molecule has 7 heteroatoms. The molecule has 0 bridgehead atoms. The highest BCUT2D eigenvalue weighted by molar-refractivity contribution is 5.78. The van der Waals surface area contributed by atoms with Crippen LogP contribution in [0.4, 0.5) is 4.39 Å². The molecular formula is C20H23FN4O2. The van der Waals surface area contributed by atoms with Crippen molar-refractivity contribution in [1.82, 2.24) is 19.8 Å². The fourth-order valence-corrected chi connectivity index (χ4v) is 3.75. The van der Waals surface area contributed by atoms with Crippen molar-refractivity contribution in [2.24, 2.45) is 0 Å². The first-order valence-corrected chi connectivity index (χ1v) is 9.32. The maximum absolute atomic E-state index is 13.7. The van der Waals surface area contributed by atoms with Crippen molar-refractivity contribution in [3.8, 4) is 5.75 Å². The normalized spacial score (nSPS) is 19.8. The summed E-state index contributed by atoms with van der Waals surface area (Å²) in [5, 5.41) is 0. The van der Waals surface area contributed by atoms with Crippen molar-refractivity contribution in [2.45, 2.75) is 31.8 Å². The molecule has 6 nitrogen and oxygen atoms in total. The minimum absolute atomic E-state index is 0.0933. The van der Waals surface area contributed by atoms with Gasteiger partial charge in [-0.2, -0.15) is 0 Å². The van der Waals surface area contributed by atoms with E-state index in [2.05, 4.69) is 16.9 Å². The van der Waals surface area contributed by atoms with Crippen LogP contribution in [-0.2, 0) is 17.8 Å². The Morgan fingerprint density at radius 3 is 3.04 bits per heavy atom. The number of fused-ring (bicyclic) bond motifs is 1. The number of rotatable bonds is 4. The third kappa shape index (κ3) is 3.78. The van der Waals surface area contributed by atoms with Crippen molar-refractivity contribution in [3.05, 3.63) is 53.4 Å². The van der Waals surface area contributed by atoms with Crippen LogP contribution in [-0.4, -0.2) is 52.4 Å². The molecule has 2 aromatic rings. The van der Waals surface area contributed by atoms with Gasteiger partial charge in [0.25, 0.3) is 5.91 Å². The molecule has 2 aliphatic heterocycles. The van der Waals surface area contributed by atoms with Crippen LogP contribution >= 0.6 is 0 Å². The zero-order valence-corrected chi connectivity index (χ0v) is 15.4. The van der Waals surface area contributed by atoms with Crippen LogP contribution in [0.25, 0.3) is 0 Å². The highest BCUT2D eigenvalue weighted by atomic mass is 19.1. The van der Waals surface area contributed by atoms with Crippen LogP contribution < -0.4 is 4.74 Å². The molecule has 0 spiro atoms. The van der Waals surface area contributed by atoms with Crippen LogP contribution in [0.2, 0.25) is 0 Å². The summed E-state index contributed by atoms with van der Waals surface area (Å²) in [6.45, 7) is 2.30. The van der Waals surface area contributed by atoms with E-state index < -0.39 is 5.82 Å². The van der Waals surface area contributed by atoms with Crippen LogP contribution in [0.1, 0.15) is 36.0 Å². The van der Waals surface area contributed by atoms with Gasteiger partial charge in [-0.3, -0.25) is 4.79 Å². The predicted molar refractivity (Wildman–Crippen MR) is 97.7 cm³/mol. The lowest BCUT2D eigenvalue weighted by Gasteiger charge is -2.27. The fourth-order valence-electron chi connectivity index (χ4n) is 3.75. The van der Waals surface area contributed by atoms with E-state index in [0.29, 0.717) is 12.4 Å². The first-order chi connectivity index (χ1) is 13.1. The lowest BCUT2D eigenvalue weighted by molar-refractivity contribution is -0.134. The maximum atomic E-state index is 13.7. The smallest absolute Gasteiger partial charge is 0.261 e. The molecule has 0 aliphatic carbocycles. The minimum Gasteiger partial charge on any atom is -0.481 e. The van der Waals surface area contributed by atoms with E-state index in [-0.39, 0.29) is 24.3 Å². The molecule has 1 aromatic carbocycles. The third-order valence-corrected chi connectivity index (χ3v) is 5.20. The standard InChI is InChI=1S/C20H23FN4O2/c1-24-10-8-16-14(12-24)11-22-20(23-16)17-6-4-9-25(17)19(26)13-27-18-7-3-2-5-15(18)21/h2-3,5,7,11,17H,4,6,8-10,12-13H2,1H3. The average Bonchev–Trinajstić information content (AvgIpc) is 3.16. The third-order valence-electron chi connectivity index (χ3n) is 5.20. The number of halogens is 1. The Kier molecular flexibility index (Phi) is 5.03. The molecule has 0 saturated carbocycles. The molecule has 0 radical (unpaired) electrons. The second kappa shape index (κ2) is 7.60. The first-order valence-electron chi connectivity index (χ1n) is 9.32. The minimum atomic E-state index is -0.466. The summed E-state index contributed by atoms with van der Waals surface area (Å²) in [7, 11) is 2.09. The number of hydrogen-bond acceptors (Lipinski definition) is 5. The summed E-state index contributed by atoms with van der Waals surface area (Å²) >= 11 is 0. The van der Waals surface area contributed by atoms with Gasteiger partial charge in [0.15, 0.2) is 24.0 Å². The molecule has 1 fully saturated rings. The molecule has 2 aliphatic rings. The number of ether oxygens (including phenoxy) is 1. The molecule has 1 saturated heterocycles. The van der Waals surface area contributed by atoms with Crippen LogP contribution in [0.5, 0.6) is 5.75 Å². The molecule has 142 valence electrons. The highest BCUT2D eigenvalue weighted by Crippen LogP contribution is 2.31. The van der Waals surface area contributed by atoms with Gasteiger partial charge in [-0.25, -0.2) is 14.4 Å². The second-order valence-electron chi connectivity index (χ2n) is 7.15. The second-order valence-corrected chi connectivity index (χ2v) is 7.15. The number of hydrogen-bond donors (Lipinski definition) is 0. The summed E-state index contributed by atoms with van der Waals surface area (Å²) in [5.74, 6) is 0.166. The largest absolute Gasteiger partial charge is 0.481 e. The number of aromatic nitrogens is 2. The number of carbonyl (C=O) groups excluding carboxylic acids is 1. The van der Waals surface area contributed by atoms with E-state index in [1.807, 2.05) is 6.20 Å². The lowest BCUT2D eigenvalue weighted by Crippen LogP contribution is -2.35. The molecular weight excluding hydrogens is 347 g/mol. The van der Waals surface area contributed by atoms with Crippen LogP contribution in [0.3, 0.4) is 0 Å². The number of likely N-dealkylation sites (tertiary alicyclic amines) is 1. The van der Waals surface area contributed by atoms with Gasteiger partial charge in [-0.1, -0.05) is 12.1 Å². The molecule has 1 atom stereocenters. The zero-order chi connectivity index (χ0) is 18.8. The number of carbonyl (C=O) groups is 1. The fraction of sp³-hybridized carbons (Fsp3) is 0.450. The van der Waals surface area contributed by atoms with E-state index in [4.69, 9.17) is 9.72 Å². The monoisotopic (exact) mass is 370 g/mol. The summed E-state index contributed by atoms with van der Waals surface area (Å²) in [4.78, 5) is 26.0. The summed E-state index contributed by atoms with van der Waals surface area (Å²) in [5.41, 5.74) is 2.24. The highest BCUT2D eigenvalue weighted by Gasteiger charge is 2.33. The van der Waals surface area contributed by atoms with E-state index >= 15 is 0 Å². The van der Waals surface area contributed by atoms with Crippen molar-refractivity contribution in [3.63, 3.8) is 0 Å². The van der Waals surface area contributed by atoms with Crippen molar-refractivity contribution in [2.75, 3.05) is 26.7 Å². The van der Waals surface area contributed by atoms with Crippen molar-refractivity contribution >= 4 is 5.91 Å². The number of likely N-dealkylation sites (N-methyl/N-ethyl adjacent to an activating group) is 1. The summed E-state index contributed by atoms with van der Waals surface area (Å²) in [6, 6.07) is 5.97. The molecule has 1 amide bonds. The molecule has 3 heterocycles. The number of benzene rings is 1. The average molecular weight is 370 g/mol. The lowest BCUT2D eigenvalue weighted by atomic mass is 10.1. The molecule has 27 heavy (non-hydrogen) atoms. The van der Waals surface area contributed by atoms with Crippen LogP contribution in [0.15, 0.2) is 30.5 Å². The Morgan fingerprint density at radius 2 is 2.19 bits per heavy atom. The van der Waals surface area contributed by atoms with Crippen molar-refractivity contribution < 1.29 is 13.9 Å². The van der Waals surface area contributed by atoms with Gasteiger partial charge in [-0.15, -0.1) is 0 Å². The Labute approximate surface area is 158 Å². The summed E-state index contributed by atoms with van der Waals surface area (Å²) in [6.07, 6.45) is 4.53. The van der Waals surface area contributed by atoms with Crippen molar-refractivity contribution in [1.29, 1.82) is 0 Å². The van der Waals surface area contributed by atoms with Gasteiger partial charge in [0.05, 0.1) is 6.04 Å². The topological polar surface area (TPSA) is 58.6 Å².